The van der Waals surface area contributed by atoms with Crippen LogP contribution in [0.15, 0.2) is 0 Å². The summed E-state index contributed by atoms with van der Waals surface area (Å²) in [6, 6.07) is 0. The van der Waals surface area contributed by atoms with Crippen molar-refractivity contribution in [2.45, 2.75) is 102 Å². The summed E-state index contributed by atoms with van der Waals surface area (Å²) < 4.78 is 24.8. The van der Waals surface area contributed by atoms with Crippen LogP contribution in [-0.4, -0.2) is 18.9 Å². The largest absolute Gasteiger partial charge is 0.333 e. The van der Waals surface area contributed by atoms with Gasteiger partial charge in [0.2, 0.25) is 0 Å². The van der Waals surface area contributed by atoms with Gasteiger partial charge in [0, 0.05) is 7.11 Å². The number of rotatable bonds is 5. The van der Waals surface area contributed by atoms with E-state index in [1.807, 2.05) is 0 Å². The van der Waals surface area contributed by atoms with Gasteiger partial charge in [0.25, 0.3) is 0 Å². The first-order valence-corrected chi connectivity index (χ1v) is 12.1. The molecule has 0 spiro atoms. The van der Waals surface area contributed by atoms with Crippen LogP contribution < -0.4 is 0 Å². The molecule has 0 amide bonds. The van der Waals surface area contributed by atoms with Crippen molar-refractivity contribution in [3.05, 3.63) is 0 Å². The summed E-state index contributed by atoms with van der Waals surface area (Å²) in [6.45, 7) is 2.40. The summed E-state index contributed by atoms with van der Waals surface area (Å²) in [7, 11) is -1.32. The molecule has 4 heteroatoms. The van der Waals surface area contributed by atoms with Gasteiger partial charge in [0.1, 0.15) is 0 Å². The van der Waals surface area contributed by atoms with Crippen LogP contribution in [0.4, 0.5) is 0 Å². The van der Waals surface area contributed by atoms with Crippen molar-refractivity contribution in [1.29, 1.82) is 0 Å². The van der Waals surface area contributed by atoms with E-state index in [-0.39, 0.29) is 11.8 Å². The molecule has 0 N–H and O–H groups in total. The van der Waals surface area contributed by atoms with Crippen molar-refractivity contribution in [3.8, 4) is 0 Å². The lowest BCUT2D eigenvalue weighted by Gasteiger charge is -2.38. The SMILES string of the molecule is COP(=O)(OC1CCC(C2CCC(C)CC2)CC1)C1CCCCC1. The van der Waals surface area contributed by atoms with Crippen molar-refractivity contribution in [2.24, 2.45) is 17.8 Å². The molecule has 0 heterocycles. The van der Waals surface area contributed by atoms with Crippen molar-refractivity contribution in [3.63, 3.8) is 0 Å². The van der Waals surface area contributed by atoms with E-state index in [0.717, 1.165) is 43.4 Å². The van der Waals surface area contributed by atoms with Crippen molar-refractivity contribution in [2.75, 3.05) is 7.11 Å². The molecule has 1 unspecified atom stereocenters. The fourth-order valence-electron chi connectivity index (χ4n) is 5.31. The third-order valence-corrected chi connectivity index (χ3v) is 9.53. The molecule has 0 aromatic rings. The van der Waals surface area contributed by atoms with E-state index >= 15 is 0 Å². The van der Waals surface area contributed by atoms with Gasteiger partial charge >= 0.3 is 7.60 Å². The Labute approximate surface area is 148 Å². The summed E-state index contributed by atoms with van der Waals surface area (Å²) in [6.07, 6.45) is 16.2. The summed E-state index contributed by atoms with van der Waals surface area (Å²) in [5.41, 5.74) is 0.147. The minimum absolute atomic E-state index is 0.147. The molecule has 1 atom stereocenters. The average molecular weight is 356 g/mol. The minimum Gasteiger partial charge on any atom is -0.312 e. The molecule has 3 aliphatic carbocycles. The number of hydrogen-bond donors (Lipinski definition) is 0. The molecular weight excluding hydrogens is 319 g/mol. The van der Waals surface area contributed by atoms with Gasteiger partial charge in [0.15, 0.2) is 0 Å². The van der Waals surface area contributed by atoms with Crippen LogP contribution in [0.1, 0.15) is 90.4 Å². The summed E-state index contributed by atoms with van der Waals surface area (Å²) in [5, 5.41) is 0. The van der Waals surface area contributed by atoms with Crippen LogP contribution in [0, 0.1) is 17.8 Å². The Morgan fingerprint density at radius 1 is 0.750 bits per heavy atom. The van der Waals surface area contributed by atoms with Gasteiger partial charge in [-0.15, -0.1) is 0 Å². The topological polar surface area (TPSA) is 35.5 Å². The Kier molecular flexibility index (Phi) is 6.85. The Morgan fingerprint density at radius 2 is 1.29 bits per heavy atom. The first-order valence-electron chi connectivity index (χ1n) is 10.4. The Hall–Kier alpha value is 0.150. The molecule has 0 saturated heterocycles. The summed E-state index contributed by atoms with van der Waals surface area (Å²) in [5.74, 6) is 2.76. The summed E-state index contributed by atoms with van der Waals surface area (Å²) in [4.78, 5) is 0. The number of hydrogen-bond acceptors (Lipinski definition) is 3. The Morgan fingerprint density at radius 3 is 1.83 bits per heavy atom. The van der Waals surface area contributed by atoms with Gasteiger partial charge in [-0.2, -0.15) is 0 Å². The molecule has 0 radical (unpaired) electrons. The van der Waals surface area contributed by atoms with Gasteiger partial charge < -0.3 is 9.05 Å². The van der Waals surface area contributed by atoms with Crippen LogP contribution in [-0.2, 0) is 13.6 Å². The third kappa shape index (κ3) is 4.65. The third-order valence-electron chi connectivity index (χ3n) is 7.02. The van der Waals surface area contributed by atoms with Crippen LogP contribution in [0.5, 0.6) is 0 Å². The van der Waals surface area contributed by atoms with Gasteiger partial charge in [0.05, 0.1) is 11.8 Å². The molecule has 3 saturated carbocycles. The predicted octanol–water partition coefficient (Wildman–Crippen LogP) is 6.56. The van der Waals surface area contributed by atoms with E-state index in [1.54, 1.807) is 7.11 Å². The second kappa shape index (κ2) is 8.69. The summed E-state index contributed by atoms with van der Waals surface area (Å²) >= 11 is 0. The Balaban J connectivity index is 1.48. The monoisotopic (exact) mass is 356 g/mol. The molecule has 3 fully saturated rings. The van der Waals surface area contributed by atoms with E-state index in [9.17, 15) is 4.57 Å². The van der Waals surface area contributed by atoms with E-state index < -0.39 is 7.60 Å². The van der Waals surface area contributed by atoms with Crippen LogP contribution in [0.25, 0.3) is 0 Å². The second-order valence-electron chi connectivity index (χ2n) is 8.68. The lowest BCUT2D eigenvalue weighted by atomic mass is 9.71. The molecular formula is C20H37O3P. The highest BCUT2D eigenvalue weighted by molar-refractivity contribution is 7.54. The zero-order valence-electron chi connectivity index (χ0n) is 15.8. The zero-order valence-corrected chi connectivity index (χ0v) is 16.6. The predicted molar refractivity (Wildman–Crippen MR) is 99.4 cm³/mol. The second-order valence-corrected chi connectivity index (χ2v) is 11.1. The minimum atomic E-state index is -2.90. The molecule has 3 rings (SSSR count). The lowest BCUT2D eigenvalue weighted by Crippen LogP contribution is -2.29. The van der Waals surface area contributed by atoms with Gasteiger partial charge in [-0.1, -0.05) is 39.0 Å². The quantitative estimate of drug-likeness (QED) is 0.523. The van der Waals surface area contributed by atoms with Crippen molar-refractivity contribution >= 4 is 7.60 Å². The van der Waals surface area contributed by atoms with Gasteiger partial charge in [-0.05, 0) is 69.1 Å². The maximum absolute atomic E-state index is 13.2. The highest BCUT2D eigenvalue weighted by Gasteiger charge is 2.39. The van der Waals surface area contributed by atoms with E-state index in [4.69, 9.17) is 9.05 Å². The fraction of sp³-hybridized carbons (Fsp3) is 1.00. The molecule has 24 heavy (non-hydrogen) atoms. The van der Waals surface area contributed by atoms with Crippen LogP contribution in [0.2, 0.25) is 0 Å². The molecule has 0 aromatic heterocycles. The lowest BCUT2D eigenvalue weighted by molar-refractivity contribution is 0.0778. The van der Waals surface area contributed by atoms with Crippen molar-refractivity contribution in [1.82, 2.24) is 0 Å². The van der Waals surface area contributed by atoms with E-state index in [2.05, 4.69) is 6.92 Å². The molecule has 140 valence electrons. The van der Waals surface area contributed by atoms with Crippen LogP contribution >= 0.6 is 7.60 Å². The zero-order chi connectivity index (χ0) is 17.0. The van der Waals surface area contributed by atoms with Gasteiger partial charge in [-0.25, -0.2) is 0 Å². The molecule has 3 aliphatic rings. The maximum Gasteiger partial charge on any atom is 0.333 e. The highest BCUT2D eigenvalue weighted by Crippen LogP contribution is 2.59. The average Bonchev–Trinajstić information content (AvgIpc) is 2.64. The first-order chi connectivity index (χ1) is 11.6. The smallest absolute Gasteiger partial charge is 0.312 e. The van der Waals surface area contributed by atoms with E-state index in [0.29, 0.717) is 0 Å². The van der Waals surface area contributed by atoms with Crippen molar-refractivity contribution < 1.29 is 13.6 Å². The van der Waals surface area contributed by atoms with Gasteiger partial charge in [-0.3, -0.25) is 4.57 Å². The Bertz CT molecular complexity index is 417. The maximum atomic E-state index is 13.2. The molecule has 0 aromatic carbocycles. The normalized spacial score (nSPS) is 38.6. The first kappa shape index (κ1) is 18.9. The van der Waals surface area contributed by atoms with E-state index in [1.165, 1.54) is 57.8 Å². The molecule has 3 nitrogen and oxygen atoms in total. The van der Waals surface area contributed by atoms with Crippen LogP contribution in [0.3, 0.4) is 0 Å². The highest BCUT2D eigenvalue weighted by atomic mass is 31.2. The molecule has 0 bridgehead atoms. The molecule has 0 aliphatic heterocycles. The standard InChI is InChI=1S/C20H37O3P/c1-16-8-10-17(11-9-16)18-12-14-19(15-13-18)23-24(21,22-2)20-6-4-3-5-7-20/h16-20H,3-15H2,1-2H3. The fourth-order valence-corrected chi connectivity index (χ4v) is 7.49.